The molecule has 1 atom stereocenters. The third-order valence-corrected chi connectivity index (χ3v) is 5.12. The number of imidazole rings is 1. The van der Waals surface area contributed by atoms with Crippen LogP contribution in [0.15, 0.2) is 95.7 Å². The molecule has 0 aliphatic carbocycles. The summed E-state index contributed by atoms with van der Waals surface area (Å²) in [5.41, 5.74) is 3.99. The molecular formula is C24H21BrN2O2. The molecule has 4 aromatic rings. The second kappa shape index (κ2) is 9.07. The second-order valence-electron chi connectivity index (χ2n) is 6.74. The van der Waals surface area contributed by atoms with Crippen molar-refractivity contribution in [1.82, 2.24) is 9.55 Å². The summed E-state index contributed by atoms with van der Waals surface area (Å²) in [6.45, 7) is 0.593. The van der Waals surface area contributed by atoms with Gasteiger partial charge in [-0.15, -0.1) is 0 Å². The zero-order chi connectivity index (χ0) is 20.1. The molecule has 0 spiro atoms. The van der Waals surface area contributed by atoms with E-state index in [9.17, 15) is 5.11 Å². The molecule has 4 nitrogen and oxygen atoms in total. The maximum atomic E-state index is 10.6. The summed E-state index contributed by atoms with van der Waals surface area (Å²) < 4.78 is 8.71. The minimum absolute atomic E-state index is 0.203. The van der Waals surface area contributed by atoms with Crippen molar-refractivity contribution < 1.29 is 9.84 Å². The van der Waals surface area contributed by atoms with E-state index in [2.05, 4.69) is 33.0 Å². The van der Waals surface area contributed by atoms with Gasteiger partial charge in [-0.1, -0.05) is 76.6 Å². The molecule has 4 rings (SSSR count). The number of hydrogen-bond donors (Lipinski definition) is 1. The Morgan fingerprint density at radius 3 is 2.14 bits per heavy atom. The van der Waals surface area contributed by atoms with Crippen molar-refractivity contribution in [2.75, 3.05) is 6.61 Å². The van der Waals surface area contributed by atoms with Gasteiger partial charge in [0.05, 0.1) is 24.3 Å². The summed E-state index contributed by atoms with van der Waals surface area (Å²) in [4.78, 5) is 4.65. The third-order valence-electron chi connectivity index (χ3n) is 4.60. The maximum absolute atomic E-state index is 10.6. The molecule has 0 saturated heterocycles. The monoisotopic (exact) mass is 448 g/mol. The Kier molecular flexibility index (Phi) is 6.08. The summed E-state index contributed by atoms with van der Waals surface area (Å²) in [5, 5.41) is 10.6. The molecule has 146 valence electrons. The number of benzene rings is 3. The first-order valence-corrected chi connectivity index (χ1v) is 10.2. The molecule has 0 fully saturated rings. The van der Waals surface area contributed by atoms with Gasteiger partial charge in [-0.05, 0) is 24.3 Å². The topological polar surface area (TPSA) is 47.3 Å². The fourth-order valence-electron chi connectivity index (χ4n) is 3.23. The number of ether oxygens (including phenoxy) is 1. The average molecular weight is 449 g/mol. The second-order valence-corrected chi connectivity index (χ2v) is 7.66. The maximum Gasteiger partial charge on any atom is 0.119 e. The molecule has 0 aliphatic heterocycles. The smallest absolute Gasteiger partial charge is 0.119 e. The summed E-state index contributed by atoms with van der Waals surface area (Å²) in [7, 11) is 0. The van der Waals surface area contributed by atoms with Crippen molar-refractivity contribution in [3.05, 3.63) is 95.7 Å². The Labute approximate surface area is 178 Å². The summed E-state index contributed by atoms with van der Waals surface area (Å²) in [6, 6.07) is 27.8. The molecule has 0 amide bonds. The summed E-state index contributed by atoms with van der Waals surface area (Å²) >= 11 is 3.41. The number of nitrogens with zero attached hydrogens (tertiary/aromatic N) is 2. The van der Waals surface area contributed by atoms with E-state index >= 15 is 0 Å². The lowest BCUT2D eigenvalue weighted by Crippen LogP contribution is -2.23. The van der Waals surface area contributed by atoms with Crippen LogP contribution in [0.25, 0.3) is 22.5 Å². The first kappa shape index (κ1) is 19.4. The van der Waals surface area contributed by atoms with E-state index in [1.807, 2.05) is 77.4 Å². The molecule has 29 heavy (non-hydrogen) atoms. The van der Waals surface area contributed by atoms with Gasteiger partial charge in [0.15, 0.2) is 0 Å². The van der Waals surface area contributed by atoms with Crippen molar-refractivity contribution in [3.8, 4) is 28.3 Å². The molecule has 1 heterocycles. The van der Waals surface area contributed by atoms with Crippen molar-refractivity contribution in [2.24, 2.45) is 0 Å². The Bertz CT molecular complexity index is 1050. The Hall–Kier alpha value is -2.89. The lowest BCUT2D eigenvalue weighted by atomic mass is 10.0. The quantitative estimate of drug-likeness (QED) is 0.410. The predicted octanol–water partition coefficient (Wildman–Crippen LogP) is 5.42. The molecular weight excluding hydrogens is 428 g/mol. The van der Waals surface area contributed by atoms with Gasteiger partial charge in [0.2, 0.25) is 0 Å². The largest absolute Gasteiger partial charge is 0.491 e. The van der Waals surface area contributed by atoms with Crippen LogP contribution in [0.4, 0.5) is 0 Å². The summed E-state index contributed by atoms with van der Waals surface area (Å²) in [5.74, 6) is 0.728. The first-order valence-electron chi connectivity index (χ1n) is 9.43. The lowest BCUT2D eigenvalue weighted by molar-refractivity contribution is 0.0928. The fraction of sp³-hybridized carbons (Fsp3) is 0.125. The van der Waals surface area contributed by atoms with Gasteiger partial charge >= 0.3 is 0 Å². The van der Waals surface area contributed by atoms with Crippen LogP contribution in [0.3, 0.4) is 0 Å². The molecule has 0 bridgehead atoms. The normalized spacial score (nSPS) is 11.9. The van der Waals surface area contributed by atoms with Gasteiger partial charge < -0.3 is 14.4 Å². The number of halogens is 1. The van der Waals surface area contributed by atoms with Crippen LogP contribution < -0.4 is 4.74 Å². The molecule has 0 unspecified atom stereocenters. The van der Waals surface area contributed by atoms with Crippen LogP contribution >= 0.6 is 15.9 Å². The van der Waals surface area contributed by atoms with Crippen molar-refractivity contribution in [3.63, 3.8) is 0 Å². The van der Waals surface area contributed by atoms with Gasteiger partial charge in [0, 0.05) is 15.6 Å². The van der Waals surface area contributed by atoms with E-state index in [0.29, 0.717) is 6.54 Å². The predicted molar refractivity (Wildman–Crippen MR) is 119 cm³/mol. The van der Waals surface area contributed by atoms with Crippen LogP contribution in [0.2, 0.25) is 0 Å². The highest BCUT2D eigenvalue weighted by Gasteiger charge is 2.17. The number of aliphatic hydroxyl groups excluding tert-OH is 1. The molecule has 1 aromatic heterocycles. The molecule has 0 radical (unpaired) electrons. The van der Waals surface area contributed by atoms with Crippen molar-refractivity contribution in [2.45, 2.75) is 12.6 Å². The van der Waals surface area contributed by atoms with Gasteiger partial charge in [0.1, 0.15) is 18.5 Å². The highest BCUT2D eigenvalue weighted by Crippen LogP contribution is 2.31. The zero-order valence-corrected chi connectivity index (χ0v) is 17.4. The molecule has 0 saturated carbocycles. The molecule has 3 aromatic carbocycles. The highest BCUT2D eigenvalue weighted by atomic mass is 79.9. The van der Waals surface area contributed by atoms with Crippen LogP contribution in [0.1, 0.15) is 0 Å². The minimum Gasteiger partial charge on any atom is -0.491 e. The zero-order valence-electron chi connectivity index (χ0n) is 15.8. The van der Waals surface area contributed by atoms with Crippen LogP contribution in [0, 0.1) is 0 Å². The Morgan fingerprint density at radius 2 is 1.48 bits per heavy atom. The molecule has 5 heteroatoms. The SMILES string of the molecule is O[C@@H](COc1ccc(Br)cc1)Cn1cnc(-c2ccccc2)c1-c1ccccc1. The van der Waals surface area contributed by atoms with E-state index in [0.717, 1.165) is 32.7 Å². The summed E-state index contributed by atoms with van der Waals surface area (Å²) in [6.07, 6.45) is 1.12. The van der Waals surface area contributed by atoms with Gasteiger partial charge in [-0.2, -0.15) is 0 Å². The number of aliphatic hydroxyl groups is 1. The number of aromatic nitrogens is 2. The lowest BCUT2D eigenvalue weighted by Gasteiger charge is -2.16. The van der Waals surface area contributed by atoms with E-state index in [1.165, 1.54) is 0 Å². The third kappa shape index (κ3) is 4.75. The van der Waals surface area contributed by atoms with Crippen LogP contribution in [-0.4, -0.2) is 27.4 Å². The van der Waals surface area contributed by atoms with E-state index in [1.54, 1.807) is 6.33 Å². The number of rotatable bonds is 7. The van der Waals surface area contributed by atoms with Gasteiger partial charge in [-0.25, -0.2) is 4.98 Å². The van der Waals surface area contributed by atoms with Gasteiger partial charge in [0.25, 0.3) is 0 Å². The van der Waals surface area contributed by atoms with Crippen LogP contribution in [0.5, 0.6) is 5.75 Å². The highest BCUT2D eigenvalue weighted by molar-refractivity contribution is 9.10. The van der Waals surface area contributed by atoms with E-state index in [-0.39, 0.29) is 6.61 Å². The van der Waals surface area contributed by atoms with E-state index < -0.39 is 6.10 Å². The average Bonchev–Trinajstić information content (AvgIpc) is 3.18. The van der Waals surface area contributed by atoms with Crippen molar-refractivity contribution >= 4 is 15.9 Å². The standard InChI is InChI=1S/C24H21BrN2O2/c25-20-11-13-22(14-12-20)29-16-21(28)15-27-17-26-23(18-7-3-1-4-8-18)24(27)19-9-5-2-6-10-19/h1-14,17,21,28H,15-16H2/t21-/m1/s1. The molecule has 0 aliphatic rings. The first-order chi connectivity index (χ1) is 14.2. The Balaban J connectivity index is 1.57. The van der Waals surface area contributed by atoms with Crippen LogP contribution in [-0.2, 0) is 6.54 Å². The van der Waals surface area contributed by atoms with E-state index in [4.69, 9.17) is 4.74 Å². The Morgan fingerprint density at radius 1 is 0.862 bits per heavy atom. The fourth-order valence-corrected chi connectivity index (χ4v) is 3.49. The minimum atomic E-state index is -0.668. The molecule has 1 N–H and O–H groups in total. The van der Waals surface area contributed by atoms with Gasteiger partial charge in [-0.3, -0.25) is 0 Å². The number of hydrogen-bond acceptors (Lipinski definition) is 3. The van der Waals surface area contributed by atoms with Crippen molar-refractivity contribution in [1.29, 1.82) is 0 Å².